The topological polar surface area (TPSA) is 37.3 Å². The van der Waals surface area contributed by atoms with Crippen molar-refractivity contribution in [2.24, 2.45) is 0 Å². The number of benzene rings is 3. The van der Waals surface area contributed by atoms with Gasteiger partial charge >= 0.3 is 5.97 Å². The quantitative estimate of drug-likeness (QED) is 0.480. The van der Waals surface area contributed by atoms with E-state index < -0.39 is 11.4 Å². The van der Waals surface area contributed by atoms with E-state index in [9.17, 15) is 9.90 Å². The summed E-state index contributed by atoms with van der Waals surface area (Å²) >= 11 is 0. The second-order valence-corrected chi connectivity index (χ2v) is 6.78. The van der Waals surface area contributed by atoms with Crippen molar-refractivity contribution in [3.8, 4) is 0 Å². The van der Waals surface area contributed by atoms with Crippen molar-refractivity contribution in [3.63, 3.8) is 0 Å². The molecule has 0 amide bonds. The number of carboxylic acids is 1. The molecule has 0 atom stereocenters. The third kappa shape index (κ3) is 3.45. The molecule has 0 aliphatic rings. The Labute approximate surface area is 154 Å². The Kier molecular flexibility index (Phi) is 5.04. The van der Waals surface area contributed by atoms with E-state index in [2.05, 4.69) is 13.8 Å². The Morgan fingerprint density at radius 3 is 1.58 bits per heavy atom. The molecule has 0 aromatic heterocycles. The molecule has 3 aromatic carbocycles. The van der Waals surface area contributed by atoms with Gasteiger partial charge in [-0.25, -0.2) is 4.79 Å². The van der Waals surface area contributed by atoms with Crippen molar-refractivity contribution in [1.82, 2.24) is 0 Å². The fraction of sp³-hybridized carbons (Fsp3) is 0.125. The zero-order valence-electron chi connectivity index (χ0n) is 15.0. The lowest BCUT2D eigenvalue weighted by Crippen LogP contribution is -2.22. The van der Waals surface area contributed by atoms with Gasteiger partial charge in [-0.1, -0.05) is 105 Å². The molecule has 0 heterocycles. The highest BCUT2D eigenvalue weighted by Crippen LogP contribution is 2.42. The Morgan fingerprint density at radius 1 is 0.692 bits per heavy atom. The fourth-order valence-electron chi connectivity index (χ4n) is 3.40. The van der Waals surface area contributed by atoms with Crippen molar-refractivity contribution < 1.29 is 9.90 Å². The summed E-state index contributed by atoms with van der Waals surface area (Å²) in [4.78, 5) is 12.3. The first kappa shape index (κ1) is 17.7. The third-order valence-electron chi connectivity index (χ3n) is 4.71. The molecule has 2 heteroatoms. The lowest BCUT2D eigenvalue weighted by Gasteiger charge is -2.31. The highest BCUT2D eigenvalue weighted by atomic mass is 16.4. The number of hydrogen-bond acceptors (Lipinski definition) is 1. The predicted octanol–water partition coefficient (Wildman–Crippen LogP) is 5.66. The van der Waals surface area contributed by atoms with Crippen LogP contribution in [0.3, 0.4) is 0 Å². The van der Waals surface area contributed by atoms with Crippen LogP contribution >= 0.6 is 0 Å². The minimum atomic E-state index is -0.918. The van der Waals surface area contributed by atoms with Crippen LogP contribution in [0.1, 0.15) is 30.5 Å². The van der Waals surface area contributed by atoms with Crippen LogP contribution in [0.2, 0.25) is 0 Å². The molecule has 130 valence electrons. The van der Waals surface area contributed by atoms with Crippen molar-refractivity contribution in [2.75, 3.05) is 0 Å². The Balaban J connectivity index is 2.36. The SMILES string of the molecule is CC(C)(/C(=C(/C(=O)O)c1ccccc1)c1ccccc1)c1ccccc1. The first-order chi connectivity index (χ1) is 12.5. The maximum Gasteiger partial charge on any atom is 0.336 e. The lowest BCUT2D eigenvalue weighted by molar-refractivity contribution is -0.130. The molecule has 0 saturated carbocycles. The highest BCUT2D eigenvalue weighted by Gasteiger charge is 2.32. The normalized spacial score (nSPS) is 12.4. The first-order valence-electron chi connectivity index (χ1n) is 8.66. The average Bonchev–Trinajstić information content (AvgIpc) is 2.67. The van der Waals surface area contributed by atoms with E-state index in [1.807, 2.05) is 91.0 Å². The Bertz CT molecular complexity index is 908. The number of aliphatic carboxylic acids is 1. The maximum atomic E-state index is 12.3. The molecule has 3 aromatic rings. The van der Waals surface area contributed by atoms with Crippen LogP contribution in [-0.2, 0) is 10.2 Å². The molecule has 26 heavy (non-hydrogen) atoms. The summed E-state index contributed by atoms with van der Waals surface area (Å²) in [6, 6.07) is 29.2. The van der Waals surface area contributed by atoms with Crippen LogP contribution in [0, 0.1) is 0 Å². The van der Waals surface area contributed by atoms with Crippen molar-refractivity contribution in [3.05, 3.63) is 108 Å². The van der Waals surface area contributed by atoms with Gasteiger partial charge in [0.1, 0.15) is 0 Å². The summed E-state index contributed by atoms with van der Waals surface area (Å²) in [5.41, 5.74) is 3.37. The molecule has 0 spiro atoms. The van der Waals surface area contributed by atoms with Crippen LogP contribution < -0.4 is 0 Å². The molecule has 0 aliphatic carbocycles. The third-order valence-corrected chi connectivity index (χ3v) is 4.71. The summed E-state index contributed by atoms with van der Waals surface area (Å²) in [5.74, 6) is -0.918. The van der Waals surface area contributed by atoms with Crippen LogP contribution in [0.25, 0.3) is 11.1 Å². The molecule has 0 saturated heterocycles. The van der Waals surface area contributed by atoms with Crippen molar-refractivity contribution in [1.29, 1.82) is 0 Å². The van der Waals surface area contributed by atoms with Gasteiger partial charge in [0.15, 0.2) is 0 Å². The van der Waals surface area contributed by atoms with E-state index in [0.717, 1.165) is 16.7 Å². The molecular formula is C24H22O2. The zero-order chi connectivity index (χ0) is 18.6. The number of carboxylic acid groups (broad SMARTS) is 1. The average molecular weight is 342 g/mol. The molecule has 0 aliphatic heterocycles. The largest absolute Gasteiger partial charge is 0.478 e. The maximum absolute atomic E-state index is 12.3. The van der Waals surface area contributed by atoms with E-state index in [4.69, 9.17) is 0 Å². The van der Waals surface area contributed by atoms with Crippen molar-refractivity contribution in [2.45, 2.75) is 19.3 Å². The van der Waals surface area contributed by atoms with Gasteiger partial charge in [-0.15, -0.1) is 0 Å². The second-order valence-electron chi connectivity index (χ2n) is 6.78. The van der Waals surface area contributed by atoms with Gasteiger partial charge in [-0.05, 0) is 22.3 Å². The molecule has 0 bridgehead atoms. The van der Waals surface area contributed by atoms with Gasteiger partial charge in [0.25, 0.3) is 0 Å². The standard InChI is InChI=1S/C24H22O2/c1-24(2,20-16-10-5-11-17-20)22(19-14-8-4-9-15-19)21(23(25)26)18-12-6-3-7-13-18/h3-17H,1-2H3,(H,25,26)/b22-21+. The Hall–Kier alpha value is -3.13. The molecule has 2 nitrogen and oxygen atoms in total. The highest BCUT2D eigenvalue weighted by molar-refractivity contribution is 6.24. The van der Waals surface area contributed by atoms with Gasteiger partial charge < -0.3 is 5.11 Å². The van der Waals surface area contributed by atoms with Crippen LogP contribution in [0.15, 0.2) is 91.0 Å². The van der Waals surface area contributed by atoms with Gasteiger partial charge in [0, 0.05) is 5.41 Å². The van der Waals surface area contributed by atoms with E-state index in [-0.39, 0.29) is 0 Å². The van der Waals surface area contributed by atoms with Crippen molar-refractivity contribution >= 4 is 17.1 Å². The monoisotopic (exact) mass is 342 g/mol. The number of hydrogen-bond donors (Lipinski definition) is 1. The van der Waals surface area contributed by atoms with Crippen LogP contribution in [0.4, 0.5) is 0 Å². The molecule has 0 unspecified atom stereocenters. The summed E-state index contributed by atoms with van der Waals surface area (Å²) < 4.78 is 0. The van der Waals surface area contributed by atoms with Crippen LogP contribution in [0.5, 0.6) is 0 Å². The number of allylic oxidation sites excluding steroid dienone is 1. The summed E-state index contributed by atoms with van der Waals surface area (Å²) in [5, 5.41) is 10.1. The Morgan fingerprint density at radius 2 is 1.12 bits per heavy atom. The number of carbonyl (C=O) groups is 1. The number of rotatable bonds is 5. The fourth-order valence-corrected chi connectivity index (χ4v) is 3.40. The smallest absolute Gasteiger partial charge is 0.336 e. The minimum absolute atomic E-state index is 0.339. The summed E-state index contributed by atoms with van der Waals surface area (Å²) in [6.45, 7) is 4.16. The van der Waals surface area contributed by atoms with E-state index in [1.165, 1.54) is 0 Å². The summed E-state index contributed by atoms with van der Waals surface area (Å²) in [7, 11) is 0. The van der Waals surface area contributed by atoms with Crippen LogP contribution in [-0.4, -0.2) is 11.1 Å². The molecule has 1 N–H and O–H groups in total. The minimum Gasteiger partial charge on any atom is -0.478 e. The second kappa shape index (κ2) is 7.40. The van der Waals surface area contributed by atoms with E-state index in [0.29, 0.717) is 11.1 Å². The van der Waals surface area contributed by atoms with Gasteiger partial charge in [0.05, 0.1) is 5.57 Å². The molecular weight excluding hydrogens is 320 g/mol. The van der Waals surface area contributed by atoms with E-state index >= 15 is 0 Å². The van der Waals surface area contributed by atoms with E-state index in [1.54, 1.807) is 0 Å². The van der Waals surface area contributed by atoms with Gasteiger partial charge in [-0.3, -0.25) is 0 Å². The zero-order valence-corrected chi connectivity index (χ0v) is 15.0. The van der Waals surface area contributed by atoms with Gasteiger partial charge in [0.2, 0.25) is 0 Å². The predicted molar refractivity (Wildman–Crippen MR) is 107 cm³/mol. The van der Waals surface area contributed by atoms with Gasteiger partial charge in [-0.2, -0.15) is 0 Å². The first-order valence-corrected chi connectivity index (χ1v) is 8.66. The summed E-state index contributed by atoms with van der Waals surface area (Å²) in [6.07, 6.45) is 0. The molecule has 0 fully saturated rings. The lowest BCUT2D eigenvalue weighted by atomic mass is 9.72. The molecule has 0 radical (unpaired) electrons. The molecule has 3 rings (SSSR count).